The molecule has 1 aliphatic carbocycles. The molecule has 35 heavy (non-hydrogen) atoms. The van der Waals surface area contributed by atoms with Crippen LogP contribution < -0.4 is 10.5 Å². The van der Waals surface area contributed by atoms with Gasteiger partial charge in [-0.05, 0) is 50.1 Å². The number of nitriles is 1. The van der Waals surface area contributed by atoms with E-state index in [1.54, 1.807) is 38.4 Å². The van der Waals surface area contributed by atoms with Crippen LogP contribution in [0, 0.1) is 41.2 Å². The summed E-state index contributed by atoms with van der Waals surface area (Å²) in [6, 6.07) is 8.64. The molecule has 0 radical (unpaired) electrons. The predicted molar refractivity (Wildman–Crippen MR) is 131 cm³/mol. The number of aromatic nitrogens is 2. The van der Waals surface area contributed by atoms with E-state index in [0.717, 1.165) is 11.5 Å². The number of hydrogen-bond donors (Lipinski definition) is 1. The molecule has 1 aromatic carbocycles. The van der Waals surface area contributed by atoms with Gasteiger partial charge in [-0.1, -0.05) is 17.7 Å². The molecular formula is C26H21F2N5OS. The van der Waals surface area contributed by atoms with Gasteiger partial charge in [0.1, 0.15) is 10.5 Å². The maximum atomic E-state index is 15.1. The Morgan fingerprint density at radius 3 is 2.89 bits per heavy atom. The topological polar surface area (TPSA) is 97.2 Å². The van der Waals surface area contributed by atoms with Crippen molar-refractivity contribution < 1.29 is 13.5 Å². The number of benzene rings is 1. The van der Waals surface area contributed by atoms with E-state index < -0.39 is 28.0 Å². The average Bonchev–Trinajstić information content (AvgIpc) is 3.57. The SMILES string of the molecule is C#C[C@H](C)Oc1cnc2c(Cc3cc(F)c(F)c([C@@]4(C)N=C(N)S[C@@]5(C#N)C[C@H]54)c3)nccc2c1. The first-order chi connectivity index (χ1) is 16.7. The lowest BCUT2D eigenvalue weighted by Crippen LogP contribution is -2.35. The number of rotatable bonds is 5. The van der Waals surface area contributed by atoms with E-state index in [0.29, 0.717) is 28.9 Å². The van der Waals surface area contributed by atoms with Crippen molar-refractivity contribution in [1.82, 2.24) is 9.97 Å². The highest BCUT2D eigenvalue weighted by molar-refractivity contribution is 8.15. The molecule has 3 heterocycles. The van der Waals surface area contributed by atoms with Crippen molar-refractivity contribution in [3.05, 3.63) is 65.1 Å². The van der Waals surface area contributed by atoms with Gasteiger partial charge in [0, 0.05) is 29.5 Å². The van der Waals surface area contributed by atoms with E-state index in [9.17, 15) is 9.65 Å². The minimum Gasteiger partial charge on any atom is -0.476 e. The third-order valence-corrected chi connectivity index (χ3v) is 7.82. The molecule has 0 unspecified atom stereocenters. The lowest BCUT2D eigenvalue weighted by Gasteiger charge is -2.32. The number of nitrogens with two attached hydrogens (primary N) is 1. The molecule has 6 nitrogen and oxygen atoms in total. The van der Waals surface area contributed by atoms with Crippen LogP contribution >= 0.6 is 11.8 Å². The molecule has 0 amide bonds. The van der Waals surface area contributed by atoms with Gasteiger partial charge >= 0.3 is 0 Å². The first-order valence-corrected chi connectivity index (χ1v) is 11.8. The molecule has 3 aromatic rings. The van der Waals surface area contributed by atoms with Crippen LogP contribution in [0.5, 0.6) is 5.75 Å². The molecular weight excluding hydrogens is 468 g/mol. The van der Waals surface area contributed by atoms with Gasteiger partial charge in [-0.25, -0.2) is 8.78 Å². The van der Waals surface area contributed by atoms with Gasteiger partial charge in [0.25, 0.3) is 0 Å². The molecule has 0 spiro atoms. The van der Waals surface area contributed by atoms with Gasteiger partial charge in [0.05, 0.1) is 29.0 Å². The summed E-state index contributed by atoms with van der Waals surface area (Å²) in [5, 5.41) is 10.6. The summed E-state index contributed by atoms with van der Waals surface area (Å²) in [6.45, 7) is 3.47. The molecule has 2 aromatic heterocycles. The Morgan fingerprint density at radius 1 is 1.34 bits per heavy atom. The fourth-order valence-corrected chi connectivity index (χ4v) is 6.04. The molecule has 1 fully saturated rings. The molecule has 2 aliphatic rings. The van der Waals surface area contributed by atoms with Gasteiger partial charge in [-0.3, -0.25) is 15.0 Å². The molecule has 9 heteroatoms. The van der Waals surface area contributed by atoms with Gasteiger partial charge < -0.3 is 10.5 Å². The van der Waals surface area contributed by atoms with Crippen LogP contribution in [0.4, 0.5) is 8.78 Å². The number of terminal acetylenes is 1. The Hall–Kier alpha value is -3.69. The third-order valence-electron chi connectivity index (χ3n) is 6.61. The van der Waals surface area contributed by atoms with Crippen LogP contribution in [0.25, 0.3) is 10.9 Å². The fraction of sp³-hybridized carbons (Fsp3) is 0.308. The Morgan fingerprint density at radius 2 is 2.14 bits per heavy atom. The van der Waals surface area contributed by atoms with Gasteiger partial charge in [-0.2, -0.15) is 5.26 Å². The maximum absolute atomic E-state index is 15.1. The second kappa shape index (κ2) is 8.21. The van der Waals surface area contributed by atoms with Crippen molar-refractivity contribution in [3.63, 3.8) is 0 Å². The number of pyridine rings is 2. The Bertz CT molecular complexity index is 1480. The van der Waals surface area contributed by atoms with Crippen LogP contribution in [-0.2, 0) is 12.0 Å². The molecule has 176 valence electrons. The van der Waals surface area contributed by atoms with E-state index >= 15 is 4.39 Å². The lowest BCUT2D eigenvalue weighted by molar-refractivity contribution is 0.278. The van der Waals surface area contributed by atoms with Crippen molar-refractivity contribution in [2.75, 3.05) is 0 Å². The number of halogens is 2. The molecule has 2 N–H and O–H groups in total. The zero-order chi connectivity index (χ0) is 25.0. The first kappa shape index (κ1) is 23.1. The van der Waals surface area contributed by atoms with E-state index in [2.05, 4.69) is 27.0 Å². The largest absolute Gasteiger partial charge is 0.476 e. The van der Waals surface area contributed by atoms with Gasteiger partial charge in [0.15, 0.2) is 22.9 Å². The fourth-order valence-electron chi connectivity index (χ4n) is 4.76. The van der Waals surface area contributed by atoms with E-state index in [1.165, 1.54) is 11.8 Å². The van der Waals surface area contributed by atoms with Crippen LogP contribution in [0.3, 0.4) is 0 Å². The summed E-state index contributed by atoms with van der Waals surface area (Å²) in [5.74, 6) is 0.802. The van der Waals surface area contributed by atoms with Crippen LogP contribution in [-0.4, -0.2) is 26.0 Å². The quantitative estimate of drug-likeness (QED) is 0.532. The highest BCUT2D eigenvalue weighted by Crippen LogP contribution is 2.65. The maximum Gasteiger partial charge on any atom is 0.164 e. The average molecular weight is 490 g/mol. The van der Waals surface area contributed by atoms with E-state index in [4.69, 9.17) is 16.9 Å². The monoisotopic (exact) mass is 489 g/mol. The van der Waals surface area contributed by atoms with Crippen molar-refractivity contribution >= 4 is 27.8 Å². The van der Waals surface area contributed by atoms with Crippen molar-refractivity contribution in [2.45, 2.75) is 43.1 Å². The van der Waals surface area contributed by atoms with Crippen LogP contribution in [0.1, 0.15) is 37.1 Å². The zero-order valence-corrected chi connectivity index (χ0v) is 19.9. The van der Waals surface area contributed by atoms with Crippen molar-refractivity contribution in [1.29, 1.82) is 5.26 Å². The summed E-state index contributed by atoms with van der Waals surface area (Å²) in [6.07, 6.45) is 8.89. The standard InChI is InChI=1S/C26H21F2N5OS/c1-4-14(2)34-17-10-16-5-6-31-20(23(16)32-12-17)9-15-7-18(22(28)19(27)8-15)25(3)21-11-26(21,13-29)35-24(30)33-25/h1,5-8,10,12,14,21H,9,11H2,2-3H3,(H2,30,33)/t14-,21-,25+,26+/m0/s1. The summed E-state index contributed by atoms with van der Waals surface area (Å²) >= 11 is 1.20. The number of amidine groups is 1. The molecule has 4 atom stereocenters. The molecule has 1 saturated carbocycles. The van der Waals surface area contributed by atoms with Gasteiger partial charge in [-0.15, -0.1) is 6.42 Å². The van der Waals surface area contributed by atoms with E-state index in [-0.39, 0.29) is 23.1 Å². The number of thioether (sulfide) groups is 1. The molecule has 0 bridgehead atoms. The summed E-state index contributed by atoms with van der Waals surface area (Å²) in [5.41, 5.74) is 6.67. The zero-order valence-electron chi connectivity index (χ0n) is 19.0. The second-order valence-electron chi connectivity index (χ2n) is 9.00. The lowest BCUT2D eigenvalue weighted by atomic mass is 9.84. The van der Waals surface area contributed by atoms with Crippen molar-refractivity contribution in [3.8, 4) is 24.2 Å². The van der Waals surface area contributed by atoms with Crippen LogP contribution in [0.15, 0.2) is 41.7 Å². The molecule has 0 saturated heterocycles. The number of aliphatic imine (C=N–C) groups is 1. The molecule has 1 aliphatic heterocycles. The van der Waals surface area contributed by atoms with Crippen LogP contribution in [0.2, 0.25) is 0 Å². The highest BCUT2D eigenvalue weighted by Gasteiger charge is 2.67. The number of ether oxygens (including phenoxy) is 1. The normalized spacial score (nSPS) is 25.7. The van der Waals surface area contributed by atoms with E-state index in [1.807, 2.05) is 6.07 Å². The minimum absolute atomic E-state index is 0.0880. The molecule has 5 rings (SSSR count). The Kier molecular flexibility index (Phi) is 5.41. The number of nitrogens with zero attached hydrogens (tertiary/aromatic N) is 4. The second-order valence-corrected chi connectivity index (χ2v) is 10.4. The number of fused-ring (bicyclic) bond motifs is 2. The highest BCUT2D eigenvalue weighted by atomic mass is 32.2. The predicted octanol–water partition coefficient (Wildman–Crippen LogP) is 4.46. The number of hydrogen-bond acceptors (Lipinski definition) is 7. The van der Waals surface area contributed by atoms with Gasteiger partial charge in [0.2, 0.25) is 0 Å². The third kappa shape index (κ3) is 3.86. The Balaban J connectivity index is 1.53. The summed E-state index contributed by atoms with van der Waals surface area (Å²) in [7, 11) is 0. The Labute approximate surface area is 205 Å². The first-order valence-electron chi connectivity index (χ1n) is 11.0. The summed E-state index contributed by atoms with van der Waals surface area (Å²) < 4.78 is 34.8. The van der Waals surface area contributed by atoms with Crippen molar-refractivity contribution in [2.24, 2.45) is 16.6 Å². The smallest absolute Gasteiger partial charge is 0.164 e. The minimum atomic E-state index is -1.14. The summed E-state index contributed by atoms with van der Waals surface area (Å²) in [4.78, 5) is 13.4.